The minimum absolute atomic E-state index is 0.213. The van der Waals surface area contributed by atoms with Gasteiger partial charge in [-0.05, 0) is 36.3 Å². The standard InChI is InChI=1S/C18H27ClO2Si/c1-7-8-9-15-14-16(19)10-11-17(15)20-12-13-21-22(5,6)18(2,3)4/h10-11,14H,7,12-13H2,1-6H3. The number of hydrogen-bond acceptors (Lipinski definition) is 2. The Morgan fingerprint density at radius 1 is 1.18 bits per heavy atom. The molecule has 0 N–H and O–H groups in total. The van der Waals surface area contributed by atoms with Crippen LogP contribution < -0.4 is 4.74 Å². The van der Waals surface area contributed by atoms with Gasteiger partial charge in [0.2, 0.25) is 0 Å². The van der Waals surface area contributed by atoms with Gasteiger partial charge in [0.15, 0.2) is 8.32 Å². The van der Waals surface area contributed by atoms with E-state index in [9.17, 15) is 0 Å². The molecule has 1 aromatic carbocycles. The predicted octanol–water partition coefficient (Wildman–Crippen LogP) is 5.50. The van der Waals surface area contributed by atoms with E-state index in [1.807, 2.05) is 25.1 Å². The van der Waals surface area contributed by atoms with Crippen LogP contribution in [0.3, 0.4) is 0 Å². The summed E-state index contributed by atoms with van der Waals surface area (Å²) in [5.41, 5.74) is 0.835. The lowest BCUT2D eigenvalue weighted by atomic mass is 10.2. The minimum Gasteiger partial charge on any atom is -0.490 e. The molecule has 0 heterocycles. The van der Waals surface area contributed by atoms with Crippen molar-refractivity contribution in [2.45, 2.75) is 52.2 Å². The van der Waals surface area contributed by atoms with Gasteiger partial charge in [0.1, 0.15) is 12.4 Å². The fraction of sp³-hybridized carbons (Fsp3) is 0.556. The Labute approximate surface area is 141 Å². The van der Waals surface area contributed by atoms with Crippen LogP contribution in [0.15, 0.2) is 18.2 Å². The Balaban J connectivity index is 2.62. The van der Waals surface area contributed by atoms with E-state index in [-0.39, 0.29) is 5.04 Å². The molecular formula is C18H27ClO2Si. The quantitative estimate of drug-likeness (QED) is 0.401. The first-order valence-corrected chi connectivity index (χ1v) is 11.0. The summed E-state index contributed by atoms with van der Waals surface area (Å²) < 4.78 is 11.9. The van der Waals surface area contributed by atoms with E-state index in [0.29, 0.717) is 18.2 Å². The van der Waals surface area contributed by atoms with Gasteiger partial charge in [-0.3, -0.25) is 0 Å². The molecule has 122 valence electrons. The molecule has 0 spiro atoms. The molecule has 0 unspecified atom stereocenters. The van der Waals surface area contributed by atoms with Crippen molar-refractivity contribution < 1.29 is 9.16 Å². The zero-order chi connectivity index (χ0) is 16.8. The maximum atomic E-state index is 6.11. The summed E-state index contributed by atoms with van der Waals surface area (Å²) in [6.07, 6.45) is 0.806. The van der Waals surface area contributed by atoms with Crippen LogP contribution in [0.25, 0.3) is 0 Å². The molecule has 4 heteroatoms. The van der Waals surface area contributed by atoms with Crippen LogP contribution in [0, 0.1) is 11.8 Å². The highest BCUT2D eigenvalue weighted by molar-refractivity contribution is 6.74. The normalized spacial score (nSPS) is 11.8. The molecule has 0 amide bonds. The molecule has 0 aliphatic carbocycles. The molecule has 0 saturated heterocycles. The second-order valence-electron chi connectivity index (χ2n) is 6.75. The van der Waals surface area contributed by atoms with Crippen molar-refractivity contribution in [1.82, 2.24) is 0 Å². The maximum Gasteiger partial charge on any atom is 0.192 e. The van der Waals surface area contributed by atoms with Crippen molar-refractivity contribution in [3.05, 3.63) is 28.8 Å². The molecule has 0 aromatic heterocycles. The van der Waals surface area contributed by atoms with Crippen LogP contribution in [0.5, 0.6) is 5.75 Å². The zero-order valence-corrected chi connectivity index (χ0v) is 16.3. The third-order valence-electron chi connectivity index (χ3n) is 3.95. The average Bonchev–Trinajstić information content (AvgIpc) is 2.41. The Kier molecular flexibility index (Phi) is 6.99. The van der Waals surface area contributed by atoms with Crippen LogP contribution in [0.1, 0.15) is 39.7 Å². The van der Waals surface area contributed by atoms with Crippen molar-refractivity contribution >= 4 is 19.9 Å². The summed E-state index contributed by atoms with van der Waals surface area (Å²) in [6, 6.07) is 5.53. The van der Waals surface area contributed by atoms with Crippen LogP contribution in [0.4, 0.5) is 0 Å². The fourth-order valence-electron chi connectivity index (χ4n) is 1.57. The van der Waals surface area contributed by atoms with Crippen molar-refractivity contribution in [2.75, 3.05) is 13.2 Å². The predicted molar refractivity (Wildman–Crippen MR) is 97.3 cm³/mol. The minimum atomic E-state index is -1.72. The first-order valence-electron chi connectivity index (χ1n) is 7.72. The lowest BCUT2D eigenvalue weighted by Crippen LogP contribution is -2.41. The van der Waals surface area contributed by atoms with Gasteiger partial charge in [0.05, 0.1) is 12.2 Å². The van der Waals surface area contributed by atoms with Crippen molar-refractivity contribution in [3.8, 4) is 17.6 Å². The largest absolute Gasteiger partial charge is 0.490 e. The van der Waals surface area contributed by atoms with Gasteiger partial charge in [0.25, 0.3) is 0 Å². The molecule has 1 aromatic rings. The Morgan fingerprint density at radius 2 is 1.86 bits per heavy atom. The SMILES string of the molecule is CCC#Cc1cc(Cl)ccc1OCCO[Si](C)(C)C(C)(C)C. The van der Waals surface area contributed by atoms with E-state index >= 15 is 0 Å². The van der Waals surface area contributed by atoms with Crippen LogP contribution in [0.2, 0.25) is 23.2 Å². The van der Waals surface area contributed by atoms with Gasteiger partial charge < -0.3 is 9.16 Å². The lowest BCUT2D eigenvalue weighted by molar-refractivity contribution is 0.203. The maximum absolute atomic E-state index is 6.11. The van der Waals surface area contributed by atoms with Crippen molar-refractivity contribution in [1.29, 1.82) is 0 Å². The van der Waals surface area contributed by atoms with Crippen LogP contribution >= 0.6 is 11.6 Å². The molecule has 22 heavy (non-hydrogen) atoms. The summed E-state index contributed by atoms with van der Waals surface area (Å²) in [6.45, 7) is 14.3. The fourth-order valence-corrected chi connectivity index (χ4v) is 2.77. The summed E-state index contributed by atoms with van der Waals surface area (Å²) in [4.78, 5) is 0. The second kappa shape index (κ2) is 8.06. The monoisotopic (exact) mass is 338 g/mol. The smallest absolute Gasteiger partial charge is 0.192 e. The molecule has 0 atom stereocenters. The van der Waals surface area contributed by atoms with E-state index < -0.39 is 8.32 Å². The summed E-state index contributed by atoms with van der Waals surface area (Å²) in [7, 11) is -1.72. The zero-order valence-electron chi connectivity index (χ0n) is 14.5. The molecule has 0 aliphatic heterocycles. The second-order valence-corrected chi connectivity index (χ2v) is 12.0. The topological polar surface area (TPSA) is 18.5 Å². The summed E-state index contributed by atoms with van der Waals surface area (Å²) >= 11 is 6.02. The highest BCUT2D eigenvalue weighted by Gasteiger charge is 2.36. The van der Waals surface area contributed by atoms with Gasteiger partial charge in [-0.25, -0.2) is 0 Å². The Morgan fingerprint density at radius 3 is 2.45 bits per heavy atom. The summed E-state index contributed by atoms with van der Waals surface area (Å²) in [5.74, 6) is 6.92. The molecule has 0 bridgehead atoms. The molecular weight excluding hydrogens is 312 g/mol. The Bertz CT molecular complexity index is 550. The first kappa shape index (κ1) is 19.1. The molecule has 0 radical (unpaired) electrons. The van der Waals surface area contributed by atoms with Gasteiger partial charge in [-0.1, -0.05) is 51.1 Å². The van der Waals surface area contributed by atoms with Crippen LogP contribution in [-0.4, -0.2) is 21.5 Å². The van der Waals surface area contributed by atoms with Crippen molar-refractivity contribution in [3.63, 3.8) is 0 Å². The highest BCUT2D eigenvalue weighted by atomic mass is 35.5. The third-order valence-corrected chi connectivity index (χ3v) is 8.72. The average molecular weight is 339 g/mol. The molecule has 0 aliphatic rings. The number of rotatable bonds is 5. The number of ether oxygens (including phenoxy) is 1. The van der Waals surface area contributed by atoms with E-state index in [1.165, 1.54) is 0 Å². The van der Waals surface area contributed by atoms with Crippen LogP contribution in [-0.2, 0) is 4.43 Å². The molecule has 0 saturated carbocycles. The third kappa shape index (κ3) is 5.68. The van der Waals surface area contributed by atoms with Gasteiger partial charge in [0, 0.05) is 11.4 Å². The molecule has 2 nitrogen and oxygen atoms in total. The number of halogens is 1. The lowest BCUT2D eigenvalue weighted by Gasteiger charge is -2.36. The first-order chi connectivity index (χ1) is 10.2. The Hall–Kier alpha value is -0.953. The van der Waals surface area contributed by atoms with Gasteiger partial charge in [-0.15, -0.1) is 0 Å². The molecule has 0 fully saturated rings. The number of benzene rings is 1. The highest BCUT2D eigenvalue weighted by Crippen LogP contribution is 2.36. The summed E-state index contributed by atoms with van der Waals surface area (Å²) in [5, 5.41) is 0.885. The van der Waals surface area contributed by atoms with E-state index in [4.69, 9.17) is 20.8 Å². The molecule has 1 rings (SSSR count). The van der Waals surface area contributed by atoms with Gasteiger partial charge in [-0.2, -0.15) is 0 Å². The number of hydrogen-bond donors (Lipinski definition) is 0. The van der Waals surface area contributed by atoms with E-state index in [2.05, 4.69) is 45.7 Å². The van der Waals surface area contributed by atoms with Crippen molar-refractivity contribution in [2.24, 2.45) is 0 Å². The van der Waals surface area contributed by atoms with Gasteiger partial charge >= 0.3 is 0 Å². The van der Waals surface area contributed by atoms with E-state index in [1.54, 1.807) is 0 Å². The van der Waals surface area contributed by atoms with E-state index in [0.717, 1.165) is 17.7 Å².